The van der Waals surface area contributed by atoms with Gasteiger partial charge in [0, 0.05) is 18.6 Å². The van der Waals surface area contributed by atoms with Gasteiger partial charge < -0.3 is 15.4 Å². The zero-order valence-electron chi connectivity index (χ0n) is 12.6. The lowest BCUT2D eigenvalue weighted by Gasteiger charge is -2.12. The molecular weight excluding hydrogens is 348 g/mol. The second-order valence-corrected chi connectivity index (χ2v) is 5.37. The van der Waals surface area contributed by atoms with Gasteiger partial charge in [0.15, 0.2) is 5.96 Å². The highest BCUT2D eigenvalue weighted by atomic mass is 79.9. The third kappa shape index (κ3) is 5.03. The lowest BCUT2D eigenvalue weighted by Crippen LogP contribution is -2.39. The molecule has 1 aromatic carbocycles. The van der Waals surface area contributed by atoms with E-state index in [-0.39, 0.29) is 0 Å². The van der Waals surface area contributed by atoms with E-state index in [1.807, 2.05) is 31.3 Å². The average Bonchev–Trinajstić information content (AvgIpc) is 2.92. The first-order valence-electron chi connectivity index (χ1n) is 6.85. The van der Waals surface area contributed by atoms with E-state index in [2.05, 4.69) is 41.6 Å². The number of hydrogen-bond donors (Lipinski definition) is 2. The summed E-state index contributed by atoms with van der Waals surface area (Å²) in [6.45, 7) is 1.74. The van der Waals surface area contributed by atoms with E-state index >= 15 is 0 Å². The molecule has 1 heterocycles. The molecule has 0 saturated carbocycles. The number of nitrogens with zero attached hydrogens (tertiary/aromatic N) is 4. The first kappa shape index (κ1) is 16.3. The summed E-state index contributed by atoms with van der Waals surface area (Å²) in [5, 5.41) is 10.4. The van der Waals surface area contributed by atoms with Crippen molar-refractivity contribution in [3.05, 3.63) is 40.9 Å². The van der Waals surface area contributed by atoms with Gasteiger partial charge in [-0.15, -0.1) is 0 Å². The number of hydrogen-bond acceptors (Lipinski definition) is 4. The molecule has 0 saturated heterocycles. The van der Waals surface area contributed by atoms with E-state index < -0.39 is 0 Å². The molecule has 2 rings (SSSR count). The molecule has 0 amide bonds. The molecule has 1 aromatic heterocycles. The van der Waals surface area contributed by atoms with Gasteiger partial charge in [-0.05, 0) is 18.2 Å². The second-order valence-electron chi connectivity index (χ2n) is 4.46. The van der Waals surface area contributed by atoms with Crippen LogP contribution in [0.2, 0.25) is 0 Å². The topological polar surface area (TPSA) is 76.4 Å². The first-order chi connectivity index (χ1) is 10.7. The predicted octanol–water partition coefficient (Wildman–Crippen LogP) is 1.32. The molecule has 0 aliphatic rings. The number of guanidine groups is 1. The molecular formula is C14H19BrN6O. The van der Waals surface area contributed by atoms with Crippen LogP contribution in [-0.4, -0.2) is 40.9 Å². The second kappa shape index (κ2) is 8.38. The lowest BCUT2D eigenvalue weighted by atomic mass is 10.3. The van der Waals surface area contributed by atoms with Crippen LogP contribution in [0.5, 0.6) is 5.75 Å². The molecule has 7 nitrogen and oxygen atoms in total. The number of aromatic nitrogens is 3. The number of aliphatic imine (C=N–C) groups is 1. The molecule has 0 aliphatic heterocycles. The molecule has 2 N–H and O–H groups in total. The molecule has 0 aliphatic carbocycles. The Hall–Kier alpha value is -2.09. The summed E-state index contributed by atoms with van der Waals surface area (Å²) in [7, 11) is 3.58. The Morgan fingerprint density at radius 3 is 2.95 bits per heavy atom. The van der Waals surface area contributed by atoms with Crippen LogP contribution in [0.1, 0.15) is 5.82 Å². The third-order valence-electron chi connectivity index (χ3n) is 2.90. The van der Waals surface area contributed by atoms with Gasteiger partial charge in [0.1, 0.15) is 24.5 Å². The van der Waals surface area contributed by atoms with Crippen LogP contribution in [0.15, 0.2) is 40.1 Å². The van der Waals surface area contributed by atoms with Gasteiger partial charge in [-0.1, -0.05) is 22.0 Å². The zero-order valence-corrected chi connectivity index (χ0v) is 14.2. The highest BCUT2D eigenvalue weighted by Gasteiger charge is 2.02. The van der Waals surface area contributed by atoms with Crippen LogP contribution in [-0.2, 0) is 13.6 Å². The molecule has 22 heavy (non-hydrogen) atoms. The number of nitrogens with one attached hydrogen (secondary N) is 2. The third-order valence-corrected chi connectivity index (χ3v) is 3.40. The van der Waals surface area contributed by atoms with E-state index in [1.165, 1.54) is 6.33 Å². The van der Waals surface area contributed by atoms with Crippen molar-refractivity contribution in [3.8, 4) is 5.75 Å². The summed E-state index contributed by atoms with van der Waals surface area (Å²) in [5.41, 5.74) is 0. The summed E-state index contributed by atoms with van der Waals surface area (Å²) >= 11 is 3.41. The zero-order chi connectivity index (χ0) is 15.8. The van der Waals surface area contributed by atoms with Gasteiger partial charge in [0.25, 0.3) is 0 Å². The molecule has 0 atom stereocenters. The Labute approximate surface area is 137 Å². The van der Waals surface area contributed by atoms with Crippen LogP contribution < -0.4 is 15.4 Å². The maximum atomic E-state index is 5.65. The minimum atomic E-state index is 0.543. The molecule has 0 unspecified atom stereocenters. The van der Waals surface area contributed by atoms with Crippen molar-refractivity contribution in [1.82, 2.24) is 25.4 Å². The quantitative estimate of drug-likeness (QED) is 0.458. The molecule has 0 spiro atoms. The van der Waals surface area contributed by atoms with E-state index in [1.54, 1.807) is 11.7 Å². The Kier molecular flexibility index (Phi) is 6.20. The van der Waals surface area contributed by atoms with Gasteiger partial charge in [0.05, 0.1) is 13.1 Å². The highest BCUT2D eigenvalue weighted by Crippen LogP contribution is 2.17. The van der Waals surface area contributed by atoms with E-state index in [0.717, 1.165) is 16.0 Å². The van der Waals surface area contributed by atoms with Crippen LogP contribution in [0, 0.1) is 0 Å². The normalized spacial score (nSPS) is 11.3. The smallest absolute Gasteiger partial charge is 0.191 e. The van der Waals surface area contributed by atoms with Crippen molar-refractivity contribution < 1.29 is 4.74 Å². The van der Waals surface area contributed by atoms with Crippen molar-refractivity contribution >= 4 is 21.9 Å². The molecule has 118 valence electrons. The fourth-order valence-corrected chi connectivity index (χ4v) is 2.14. The molecule has 0 radical (unpaired) electrons. The van der Waals surface area contributed by atoms with Crippen molar-refractivity contribution in [3.63, 3.8) is 0 Å². The SMILES string of the molecule is CN=C(NCCOc1cccc(Br)c1)NCc1ncnn1C. The Bertz CT molecular complexity index is 627. The minimum Gasteiger partial charge on any atom is -0.492 e. The summed E-state index contributed by atoms with van der Waals surface area (Å²) in [6, 6.07) is 7.75. The number of rotatable bonds is 6. The number of halogens is 1. The van der Waals surface area contributed by atoms with Gasteiger partial charge in [-0.3, -0.25) is 9.67 Å². The van der Waals surface area contributed by atoms with Crippen LogP contribution in [0.4, 0.5) is 0 Å². The Morgan fingerprint density at radius 1 is 1.41 bits per heavy atom. The molecule has 0 bridgehead atoms. The van der Waals surface area contributed by atoms with Crippen molar-refractivity contribution in [2.45, 2.75) is 6.54 Å². The van der Waals surface area contributed by atoms with Crippen LogP contribution >= 0.6 is 15.9 Å². The van der Waals surface area contributed by atoms with Gasteiger partial charge in [-0.2, -0.15) is 5.10 Å². The maximum absolute atomic E-state index is 5.65. The van der Waals surface area contributed by atoms with E-state index in [0.29, 0.717) is 25.7 Å². The predicted molar refractivity (Wildman–Crippen MR) is 88.8 cm³/mol. The van der Waals surface area contributed by atoms with Crippen LogP contribution in [0.3, 0.4) is 0 Å². The summed E-state index contributed by atoms with van der Waals surface area (Å²) < 4.78 is 8.37. The minimum absolute atomic E-state index is 0.543. The van der Waals surface area contributed by atoms with Crippen LogP contribution in [0.25, 0.3) is 0 Å². The summed E-state index contributed by atoms with van der Waals surface area (Å²) in [6.07, 6.45) is 1.53. The Balaban J connectivity index is 1.69. The van der Waals surface area contributed by atoms with Crippen molar-refractivity contribution in [2.24, 2.45) is 12.0 Å². The van der Waals surface area contributed by atoms with Gasteiger partial charge >= 0.3 is 0 Å². The maximum Gasteiger partial charge on any atom is 0.191 e. The van der Waals surface area contributed by atoms with Crippen molar-refractivity contribution in [2.75, 3.05) is 20.2 Å². The fourth-order valence-electron chi connectivity index (χ4n) is 1.76. The van der Waals surface area contributed by atoms with Crippen molar-refractivity contribution in [1.29, 1.82) is 0 Å². The number of ether oxygens (including phenoxy) is 1. The highest BCUT2D eigenvalue weighted by molar-refractivity contribution is 9.10. The monoisotopic (exact) mass is 366 g/mol. The number of aryl methyl sites for hydroxylation is 1. The standard InChI is InChI=1S/C14H19BrN6O/c1-16-14(18-9-13-19-10-20-21(13)2)17-6-7-22-12-5-3-4-11(15)8-12/h3-5,8,10H,6-7,9H2,1-2H3,(H2,16,17,18). The summed E-state index contributed by atoms with van der Waals surface area (Å²) in [4.78, 5) is 8.29. The molecule has 0 fully saturated rings. The summed E-state index contributed by atoms with van der Waals surface area (Å²) in [5.74, 6) is 2.37. The fraction of sp³-hybridized carbons (Fsp3) is 0.357. The number of benzene rings is 1. The average molecular weight is 367 g/mol. The lowest BCUT2D eigenvalue weighted by molar-refractivity contribution is 0.321. The first-order valence-corrected chi connectivity index (χ1v) is 7.64. The molecule has 2 aromatic rings. The van der Waals surface area contributed by atoms with E-state index in [9.17, 15) is 0 Å². The largest absolute Gasteiger partial charge is 0.492 e. The van der Waals surface area contributed by atoms with Gasteiger partial charge in [0.2, 0.25) is 0 Å². The van der Waals surface area contributed by atoms with E-state index in [4.69, 9.17) is 4.74 Å². The molecule has 8 heteroatoms. The van der Waals surface area contributed by atoms with Gasteiger partial charge in [-0.25, -0.2) is 4.98 Å². The Morgan fingerprint density at radius 2 is 2.27 bits per heavy atom.